The third kappa shape index (κ3) is 7.01. The topological polar surface area (TPSA) is 94.9 Å². The molecule has 9 heteroatoms. The zero-order valence-electron chi connectivity index (χ0n) is 21.3. The quantitative estimate of drug-likeness (QED) is 0.452. The maximum absolute atomic E-state index is 12.6. The van der Waals surface area contributed by atoms with Crippen molar-refractivity contribution in [1.29, 1.82) is 0 Å². The third-order valence-corrected chi connectivity index (χ3v) is 7.34. The normalized spacial score (nSPS) is 14.5. The molecular formula is C28H32N2O6S. The first-order valence-electron chi connectivity index (χ1n) is 12.3. The Morgan fingerprint density at radius 2 is 1.62 bits per heavy atom. The first kappa shape index (κ1) is 26.5. The van der Waals surface area contributed by atoms with Gasteiger partial charge >= 0.3 is 6.09 Å². The molecule has 37 heavy (non-hydrogen) atoms. The summed E-state index contributed by atoms with van der Waals surface area (Å²) in [7, 11) is -3.31. The highest BCUT2D eigenvalue weighted by Gasteiger charge is 2.25. The van der Waals surface area contributed by atoms with Gasteiger partial charge < -0.3 is 14.4 Å². The fourth-order valence-corrected chi connectivity index (χ4v) is 4.91. The second-order valence-corrected chi connectivity index (χ2v) is 11.8. The molecule has 1 aromatic heterocycles. The van der Waals surface area contributed by atoms with Crippen LogP contribution < -0.4 is 15.0 Å². The minimum atomic E-state index is -3.31. The fraction of sp³-hybridized carbons (Fsp3) is 0.357. The number of benzene rings is 2. The van der Waals surface area contributed by atoms with Crippen molar-refractivity contribution in [3.05, 3.63) is 82.8 Å². The molecule has 4 rings (SSSR count). The molecule has 2 aromatic carbocycles. The molecule has 1 fully saturated rings. The molecule has 0 N–H and O–H groups in total. The van der Waals surface area contributed by atoms with Gasteiger partial charge in [-0.15, -0.1) is 0 Å². The van der Waals surface area contributed by atoms with Gasteiger partial charge in [0.2, 0.25) is 0 Å². The number of pyridine rings is 1. The van der Waals surface area contributed by atoms with E-state index in [2.05, 4.69) is 13.8 Å². The molecule has 0 atom stereocenters. The number of carbonyl (C=O) groups excluding carboxylic acids is 1. The van der Waals surface area contributed by atoms with E-state index in [4.69, 9.17) is 9.47 Å². The monoisotopic (exact) mass is 524 g/mol. The summed E-state index contributed by atoms with van der Waals surface area (Å²) in [5.41, 5.74) is 1.49. The number of piperidine rings is 1. The SMILES string of the molecule is CC(C)Cc1ccc(OC(=O)N2CCC(Oc3ccn(-c4ccc(S(C)(=O)=O)cc4)c(=O)c3)CC2)cc1. The minimum absolute atomic E-state index is 0.122. The van der Waals surface area contributed by atoms with Crippen LogP contribution in [0.4, 0.5) is 4.79 Å². The van der Waals surface area contributed by atoms with Gasteiger partial charge in [0, 0.05) is 50.1 Å². The summed E-state index contributed by atoms with van der Waals surface area (Å²) in [6.45, 7) is 5.33. The Bertz CT molecular complexity index is 1390. The maximum atomic E-state index is 12.6. The zero-order valence-corrected chi connectivity index (χ0v) is 22.1. The molecule has 0 spiro atoms. The number of sulfone groups is 1. The van der Waals surface area contributed by atoms with E-state index in [0.717, 1.165) is 12.7 Å². The molecule has 3 aromatic rings. The molecule has 2 heterocycles. The van der Waals surface area contributed by atoms with Gasteiger partial charge in [-0.1, -0.05) is 26.0 Å². The maximum Gasteiger partial charge on any atom is 0.415 e. The molecule has 1 aliphatic heterocycles. The van der Waals surface area contributed by atoms with Crippen molar-refractivity contribution in [3.63, 3.8) is 0 Å². The Labute approximate surface area is 217 Å². The van der Waals surface area contributed by atoms with Crippen LogP contribution in [0.25, 0.3) is 5.69 Å². The fourth-order valence-electron chi connectivity index (χ4n) is 4.28. The van der Waals surface area contributed by atoms with E-state index in [1.165, 1.54) is 28.3 Å². The molecular weight excluding hydrogens is 492 g/mol. The van der Waals surface area contributed by atoms with Gasteiger partial charge in [0.1, 0.15) is 17.6 Å². The number of ether oxygens (including phenoxy) is 2. The average Bonchev–Trinajstić information content (AvgIpc) is 2.85. The Kier molecular flexibility index (Phi) is 8.02. The van der Waals surface area contributed by atoms with Crippen LogP contribution in [0.3, 0.4) is 0 Å². The Balaban J connectivity index is 1.30. The van der Waals surface area contributed by atoms with E-state index in [0.29, 0.717) is 49.0 Å². The van der Waals surface area contributed by atoms with Crippen molar-refractivity contribution in [3.8, 4) is 17.2 Å². The Morgan fingerprint density at radius 1 is 0.973 bits per heavy atom. The van der Waals surface area contributed by atoms with Crippen LogP contribution in [0.2, 0.25) is 0 Å². The van der Waals surface area contributed by atoms with Crippen LogP contribution in [-0.4, -0.2) is 49.4 Å². The Morgan fingerprint density at radius 3 is 2.19 bits per heavy atom. The number of likely N-dealkylation sites (tertiary alicyclic amines) is 1. The van der Waals surface area contributed by atoms with Crippen LogP contribution in [0.15, 0.2) is 76.6 Å². The summed E-state index contributed by atoms with van der Waals surface area (Å²) >= 11 is 0. The van der Waals surface area contributed by atoms with Gasteiger partial charge in [0.05, 0.1) is 4.90 Å². The summed E-state index contributed by atoms with van der Waals surface area (Å²) in [6.07, 6.45) is 4.47. The molecule has 0 unspecified atom stereocenters. The highest BCUT2D eigenvalue weighted by Crippen LogP contribution is 2.21. The van der Waals surface area contributed by atoms with Crippen molar-refractivity contribution in [2.45, 2.75) is 44.1 Å². The summed E-state index contributed by atoms with van der Waals surface area (Å²) < 4.78 is 36.3. The van der Waals surface area contributed by atoms with Crippen LogP contribution in [0.1, 0.15) is 32.3 Å². The summed E-state index contributed by atoms with van der Waals surface area (Å²) in [4.78, 5) is 27.1. The van der Waals surface area contributed by atoms with E-state index in [1.807, 2.05) is 24.3 Å². The first-order valence-corrected chi connectivity index (χ1v) is 14.2. The van der Waals surface area contributed by atoms with Crippen molar-refractivity contribution < 1.29 is 22.7 Å². The van der Waals surface area contributed by atoms with Crippen molar-refractivity contribution in [1.82, 2.24) is 9.47 Å². The molecule has 0 radical (unpaired) electrons. The molecule has 1 aliphatic rings. The molecule has 1 saturated heterocycles. The van der Waals surface area contributed by atoms with Crippen LogP contribution in [0.5, 0.6) is 11.5 Å². The zero-order chi connectivity index (χ0) is 26.6. The molecule has 8 nitrogen and oxygen atoms in total. The van der Waals surface area contributed by atoms with E-state index in [1.54, 1.807) is 29.3 Å². The number of hydrogen-bond acceptors (Lipinski definition) is 6. The minimum Gasteiger partial charge on any atom is -0.490 e. The number of nitrogens with zero attached hydrogens (tertiary/aromatic N) is 2. The van der Waals surface area contributed by atoms with Crippen molar-refractivity contribution >= 4 is 15.9 Å². The smallest absolute Gasteiger partial charge is 0.415 e. The summed E-state index contributed by atoms with van der Waals surface area (Å²) in [5, 5.41) is 0. The number of amides is 1. The summed E-state index contributed by atoms with van der Waals surface area (Å²) in [6, 6.07) is 16.9. The molecule has 0 aliphatic carbocycles. The number of hydrogen-bond donors (Lipinski definition) is 0. The lowest BCUT2D eigenvalue weighted by atomic mass is 10.0. The molecule has 196 valence electrons. The average molecular weight is 525 g/mol. The molecule has 0 saturated carbocycles. The van der Waals surface area contributed by atoms with E-state index < -0.39 is 9.84 Å². The molecule has 1 amide bonds. The van der Waals surface area contributed by atoms with Crippen molar-refractivity contribution in [2.24, 2.45) is 5.92 Å². The molecule has 0 bridgehead atoms. The third-order valence-electron chi connectivity index (χ3n) is 6.21. The second-order valence-electron chi connectivity index (χ2n) is 9.75. The van der Waals surface area contributed by atoms with Gasteiger partial charge in [-0.25, -0.2) is 13.2 Å². The van der Waals surface area contributed by atoms with E-state index in [-0.39, 0.29) is 22.7 Å². The predicted octanol–water partition coefficient (Wildman–Crippen LogP) is 4.48. The van der Waals surface area contributed by atoms with Gasteiger partial charge in [0.25, 0.3) is 5.56 Å². The van der Waals surface area contributed by atoms with Crippen LogP contribution >= 0.6 is 0 Å². The van der Waals surface area contributed by atoms with Gasteiger partial charge in [-0.2, -0.15) is 0 Å². The van der Waals surface area contributed by atoms with Crippen molar-refractivity contribution in [2.75, 3.05) is 19.3 Å². The van der Waals surface area contributed by atoms with Crippen LogP contribution in [-0.2, 0) is 16.3 Å². The van der Waals surface area contributed by atoms with E-state index in [9.17, 15) is 18.0 Å². The summed E-state index contributed by atoms with van der Waals surface area (Å²) in [5.74, 6) is 1.55. The highest BCUT2D eigenvalue weighted by molar-refractivity contribution is 7.90. The number of aromatic nitrogens is 1. The van der Waals surface area contributed by atoms with Gasteiger partial charge in [0.15, 0.2) is 9.84 Å². The second kappa shape index (κ2) is 11.2. The van der Waals surface area contributed by atoms with Gasteiger partial charge in [-0.05, 0) is 60.4 Å². The standard InChI is InChI=1S/C28H32N2O6S/c1-20(2)18-21-4-8-23(9-5-21)36-28(32)29-15-12-24(13-16-29)35-25-14-17-30(27(31)19-25)22-6-10-26(11-7-22)37(3,33)34/h4-11,14,17,19-20,24H,12-13,15-16,18H2,1-3H3. The first-order chi connectivity index (χ1) is 17.6. The predicted molar refractivity (Wildman–Crippen MR) is 141 cm³/mol. The Hall–Kier alpha value is -3.59. The lowest BCUT2D eigenvalue weighted by Gasteiger charge is -2.31. The lowest BCUT2D eigenvalue weighted by molar-refractivity contribution is 0.0929. The van der Waals surface area contributed by atoms with E-state index >= 15 is 0 Å². The van der Waals surface area contributed by atoms with Gasteiger partial charge in [-0.3, -0.25) is 9.36 Å². The number of rotatable bonds is 7. The van der Waals surface area contributed by atoms with Crippen LogP contribution in [0, 0.1) is 5.92 Å². The lowest BCUT2D eigenvalue weighted by Crippen LogP contribution is -2.43. The highest BCUT2D eigenvalue weighted by atomic mass is 32.2. The largest absolute Gasteiger partial charge is 0.490 e. The number of carbonyl (C=O) groups is 1.